The summed E-state index contributed by atoms with van der Waals surface area (Å²) in [6, 6.07) is 0.510. The highest BCUT2D eigenvalue weighted by Crippen LogP contribution is 2.41. The molecule has 0 unspecified atom stereocenters. The van der Waals surface area contributed by atoms with Crippen LogP contribution in [0, 0.1) is 10.1 Å². The van der Waals surface area contributed by atoms with Gasteiger partial charge in [0.25, 0.3) is 5.69 Å². The Balaban J connectivity index is 2.67. The monoisotopic (exact) mass is 370 g/mol. The van der Waals surface area contributed by atoms with E-state index in [9.17, 15) is 23.3 Å². The first-order valence-corrected chi connectivity index (χ1v) is 8.10. The van der Waals surface area contributed by atoms with Crippen LogP contribution in [0.4, 0.5) is 24.7 Å². The maximum Gasteiger partial charge on any atom is 0.424 e. The SMILES string of the molecule is O=[N+]([O-])c1cnc([N+]2(C(=S)S)CCSCC2)c(C(F)(F)F)c1. The van der Waals surface area contributed by atoms with Gasteiger partial charge in [0.1, 0.15) is 11.8 Å². The van der Waals surface area contributed by atoms with E-state index in [0.29, 0.717) is 30.7 Å². The van der Waals surface area contributed by atoms with Gasteiger partial charge in [0.05, 0.1) is 18.0 Å². The molecule has 2 heterocycles. The number of thiocarbonyl (C=S) groups is 1. The largest absolute Gasteiger partial charge is 0.424 e. The van der Waals surface area contributed by atoms with Crippen LogP contribution in [0.15, 0.2) is 12.3 Å². The van der Waals surface area contributed by atoms with E-state index in [1.54, 1.807) is 11.8 Å². The third-order valence-corrected chi connectivity index (χ3v) is 5.05. The standard InChI is InChI=1S/C11H10F3N3O2S3/c12-11(13,14)8-5-7(16(18)19)6-15-9(8)17(10(20)21)1-3-22-4-2-17/h5-6H,1-4H2/p+1. The first-order valence-electron chi connectivity index (χ1n) is 6.09. The van der Waals surface area contributed by atoms with Gasteiger partial charge >= 0.3 is 6.18 Å². The van der Waals surface area contributed by atoms with E-state index in [1.807, 2.05) is 0 Å². The zero-order valence-corrected chi connectivity index (χ0v) is 13.6. The van der Waals surface area contributed by atoms with Crippen LogP contribution in [-0.2, 0) is 6.18 Å². The van der Waals surface area contributed by atoms with Crippen molar-refractivity contribution >= 4 is 52.4 Å². The number of thioether (sulfide) groups is 1. The fourth-order valence-corrected chi connectivity index (χ4v) is 3.89. The van der Waals surface area contributed by atoms with Crippen molar-refractivity contribution < 1.29 is 18.1 Å². The Morgan fingerprint density at radius 2 is 2.05 bits per heavy atom. The Morgan fingerprint density at radius 1 is 1.45 bits per heavy atom. The molecule has 1 saturated heterocycles. The third-order valence-electron chi connectivity index (χ3n) is 3.37. The second-order valence-corrected chi connectivity index (χ2v) is 6.97. The lowest BCUT2D eigenvalue weighted by Gasteiger charge is -2.38. The molecule has 0 atom stereocenters. The van der Waals surface area contributed by atoms with Crippen LogP contribution in [0.5, 0.6) is 0 Å². The highest BCUT2D eigenvalue weighted by Gasteiger charge is 2.47. The number of aromatic nitrogens is 1. The molecule has 0 saturated carbocycles. The molecule has 0 N–H and O–H groups in total. The van der Waals surface area contributed by atoms with Gasteiger partial charge in [-0.1, -0.05) is 12.6 Å². The number of hydrogen-bond donors (Lipinski definition) is 1. The van der Waals surface area contributed by atoms with Crippen LogP contribution < -0.4 is 4.48 Å². The van der Waals surface area contributed by atoms with Crippen LogP contribution >= 0.6 is 36.6 Å². The summed E-state index contributed by atoms with van der Waals surface area (Å²) in [5.41, 5.74) is -1.84. The average Bonchev–Trinajstić information content (AvgIpc) is 2.46. The fourth-order valence-electron chi connectivity index (χ4n) is 2.24. The summed E-state index contributed by atoms with van der Waals surface area (Å²) < 4.78 is 39.8. The minimum atomic E-state index is -4.76. The lowest BCUT2D eigenvalue weighted by atomic mass is 10.2. The Kier molecular flexibility index (Phi) is 5.00. The summed E-state index contributed by atoms with van der Waals surface area (Å²) in [4.78, 5) is 13.6. The maximum atomic E-state index is 13.3. The predicted molar refractivity (Wildman–Crippen MR) is 86.3 cm³/mol. The highest BCUT2D eigenvalue weighted by molar-refractivity contribution is 8.11. The molecule has 0 bridgehead atoms. The number of hydrogen-bond acceptors (Lipinski definition) is 5. The van der Waals surface area contributed by atoms with E-state index in [4.69, 9.17) is 12.2 Å². The zero-order valence-electron chi connectivity index (χ0n) is 11.0. The van der Waals surface area contributed by atoms with Gasteiger partial charge in [-0.05, 0) is 12.2 Å². The maximum absolute atomic E-state index is 13.3. The van der Waals surface area contributed by atoms with E-state index in [1.165, 1.54) is 0 Å². The van der Waals surface area contributed by atoms with Crippen molar-refractivity contribution in [1.82, 2.24) is 9.47 Å². The zero-order chi connectivity index (χ0) is 16.5. The van der Waals surface area contributed by atoms with Crippen molar-refractivity contribution in [1.29, 1.82) is 0 Å². The number of rotatable bonds is 2. The molecular weight excluding hydrogens is 359 g/mol. The van der Waals surface area contributed by atoms with Crippen LogP contribution in [0.3, 0.4) is 0 Å². The van der Waals surface area contributed by atoms with Gasteiger partial charge in [-0.3, -0.25) is 10.1 Å². The Morgan fingerprint density at radius 3 is 2.50 bits per heavy atom. The molecule has 0 radical (unpaired) electrons. The van der Waals surface area contributed by atoms with Crippen molar-refractivity contribution in [2.24, 2.45) is 0 Å². The van der Waals surface area contributed by atoms with E-state index >= 15 is 0 Å². The van der Waals surface area contributed by atoms with Gasteiger partial charge < -0.3 is 0 Å². The van der Waals surface area contributed by atoms with Crippen LogP contribution in [0.2, 0.25) is 0 Å². The molecule has 2 rings (SSSR count). The summed E-state index contributed by atoms with van der Waals surface area (Å²) in [6.07, 6.45) is -3.93. The van der Waals surface area contributed by atoms with Crippen LogP contribution in [0.1, 0.15) is 5.56 Å². The topological polar surface area (TPSA) is 56.0 Å². The minimum Gasteiger partial charge on any atom is -0.258 e. The summed E-state index contributed by atoms with van der Waals surface area (Å²) in [5, 5.41) is 10.7. The lowest BCUT2D eigenvalue weighted by Crippen LogP contribution is -2.57. The quantitative estimate of drug-likeness (QED) is 0.285. The van der Waals surface area contributed by atoms with Gasteiger partial charge in [0, 0.05) is 17.6 Å². The third kappa shape index (κ3) is 3.21. The first-order chi connectivity index (χ1) is 10.2. The van der Waals surface area contributed by atoms with Crippen molar-refractivity contribution in [3.63, 3.8) is 0 Å². The second-order valence-electron chi connectivity index (χ2n) is 4.63. The number of halogens is 3. The average molecular weight is 370 g/mol. The summed E-state index contributed by atoms with van der Waals surface area (Å²) in [7, 11) is 0. The number of nitro groups is 1. The molecule has 1 aromatic heterocycles. The fraction of sp³-hybridized carbons (Fsp3) is 0.455. The smallest absolute Gasteiger partial charge is 0.258 e. The van der Waals surface area contributed by atoms with Gasteiger partial charge in [-0.2, -0.15) is 29.9 Å². The number of nitrogens with zero attached hydrogens (tertiary/aromatic N) is 3. The predicted octanol–water partition coefficient (Wildman–Crippen LogP) is 3.28. The first kappa shape index (κ1) is 17.4. The molecule has 120 valence electrons. The highest BCUT2D eigenvalue weighted by atomic mass is 32.2. The molecule has 22 heavy (non-hydrogen) atoms. The van der Waals surface area contributed by atoms with E-state index in [-0.39, 0.29) is 14.6 Å². The van der Waals surface area contributed by atoms with E-state index < -0.39 is 22.4 Å². The molecule has 11 heteroatoms. The summed E-state index contributed by atoms with van der Waals surface area (Å²) in [6.45, 7) is 0.641. The molecule has 1 aliphatic rings. The second kappa shape index (κ2) is 6.30. The van der Waals surface area contributed by atoms with Gasteiger partial charge in [-0.25, -0.2) is 4.48 Å². The molecule has 0 spiro atoms. The molecule has 5 nitrogen and oxygen atoms in total. The van der Waals surface area contributed by atoms with Gasteiger partial charge in [-0.15, -0.1) is 0 Å². The van der Waals surface area contributed by atoms with Crippen molar-refractivity contribution in [2.75, 3.05) is 24.6 Å². The number of alkyl halides is 3. The van der Waals surface area contributed by atoms with Crippen molar-refractivity contribution in [3.05, 3.63) is 27.9 Å². The van der Waals surface area contributed by atoms with Gasteiger partial charge in [0.15, 0.2) is 0 Å². The molecule has 0 aromatic carbocycles. The van der Waals surface area contributed by atoms with Crippen LogP contribution in [-0.4, -0.2) is 38.8 Å². The number of pyridine rings is 1. The Bertz CT molecular complexity index is 618. The lowest BCUT2D eigenvalue weighted by molar-refractivity contribution is -0.385. The van der Waals surface area contributed by atoms with Crippen LogP contribution in [0.25, 0.3) is 0 Å². The van der Waals surface area contributed by atoms with Gasteiger partial charge in [0.2, 0.25) is 10.1 Å². The minimum absolute atomic E-state index is 0.0761. The molecule has 1 aromatic rings. The van der Waals surface area contributed by atoms with E-state index in [0.717, 1.165) is 6.20 Å². The molecule has 0 amide bonds. The molecule has 1 aliphatic heterocycles. The summed E-state index contributed by atoms with van der Waals surface area (Å²) in [5.74, 6) is 0.895. The Hall–Kier alpha value is -0.910. The normalized spacial score (nSPS) is 18.0. The summed E-state index contributed by atoms with van der Waals surface area (Å²) >= 11 is 10.8. The Labute approximate surface area is 139 Å². The molecule has 1 fully saturated rings. The van der Waals surface area contributed by atoms with Crippen molar-refractivity contribution in [3.8, 4) is 0 Å². The van der Waals surface area contributed by atoms with Crippen molar-refractivity contribution in [2.45, 2.75) is 6.18 Å². The number of quaternary nitrogens is 1. The number of thiol groups is 1. The van der Waals surface area contributed by atoms with E-state index in [2.05, 4.69) is 17.6 Å². The molecular formula is C11H11F3N3O2S3+. The molecule has 0 aliphatic carbocycles.